The molecule has 3 heteroatoms. The predicted molar refractivity (Wildman–Crippen MR) is 74.0 cm³/mol. The summed E-state index contributed by atoms with van der Waals surface area (Å²) in [5.41, 5.74) is 1.45. The molecule has 1 saturated heterocycles. The van der Waals surface area contributed by atoms with Crippen molar-refractivity contribution in [3.63, 3.8) is 0 Å². The summed E-state index contributed by atoms with van der Waals surface area (Å²) in [5.74, 6) is 0. The monoisotopic (exact) mass is 264 g/mol. The summed E-state index contributed by atoms with van der Waals surface area (Å²) in [6.45, 7) is 3.16. The molecule has 0 aliphatic carbocycles. The average molecular weight is 264 g/mol. The molecule has 2 heterocycles. The number of aliphatic hydroxyl groups excluding tert-OH is 1. The first kappa shape index (κ1) is 12.5. The molecule has 1 N–H and O–H groups in total. The first-order chi connectivity index (χ1) is 8.73. The van der Waals surface area contributed by atoms with Crippen LogP contribution in [0.2, 0.25) is 0 Å². The fourth-order valence-corrected chi connectivity index (χ4v) is 4.68. The quantitative estimate of drug-likeness (QED) is 0.910. The average Bonchev–Trinajstić information content (AvgIpc) is 2.94. The van der Waals surface area contributed by atoms with Gasteiger partial charge >= 0.3 is 0 Å². The summed E-state index contributed by atoms with van der Waals surface area (Å²) in [7, 11) is 0. The van der Waals surface area contributed by atoms with Crippen molar-refractivity contribution in [3.05, 3.63) is 29.8 Å². The van der Waals surface area contributed by atoms with E-state index in [0.29, 0.717) is 5.25 Å². The molecule has 0 radical (unpaired) electrons. The van der Waals surface area contributed by atoms with E-state index in [-0.39, 0.29) is 18.1 Å². The number of rotatable bonds is 3. The van der Waals surface area contributed by atoms with E-state index < -0.39 is 0 Å². The Hall–Kier alpha value is -0.510. The molecule has 0 amide bonds. The highest BCUT2D eigenvalue weighted by Gasteiger charge is 2.43. The van der Waals surface area contributed by atoms with Crippen molar-refractivity contribution >= 4 is 11.8 Å². The second kappa shape index (κ2) is 4.87. The van der Waals surface area contributed by atoms with Gasteiger partial charge in [-0.15, -0.1) is 11.8 Å². The van der Waals surface area contributed by atoms with E-state index in [9.17, 15) is 5.11 Å². The van der Waals surface area contributed by atoms with Gasteiger partial charge in [0.05, 0.1) is 12.7 Å². The molecular formula is C15H20O2S. The van der Waals surface area contributed by atoms with Gasteiger partial charge in [0.1, 0.15) is 0 Å². The molecule has 3 unspecified atom stereocenters. The van der Waals surface area contributed by atoms with Crippen molar-refractivity contribution in [1.29, 1.82) is 0 Å². The Bertz CT molecular complexity index is 409. The van der Waals surface area contributed by atoms with Gasteiger partial charge in [-0.25, -0.2) is 0 Å². The highest BCUT2D eigenvalue weighted by molar-refractivity contribution is 8.00. The zero-order valence-electron chi connectivity index (χ0n) is 10.8. The molecule has 2 nitrogen and oxygen atoms in total. The summed E-state index contributed by atoms with van der Waals surface area (Å²) >= 11 is 1.97. The van der Waals surface area contributed by atoms with Crippen molar-refractivity contribution in [3.8, 4) is 0 Å². The fraction of sp³-hybridized carbons (Fsp3) is 0.600. The summed E-state index contributed by atoms with van der Waals surface area (Å²) in [6, 6.07) is 8.66. The molecule has 0 spiro atoms. The van der Waals surface area contributed by atoms with Crippen LogP contribution in [-0.2, 0) is 11.2 Å². The van der Waals surface area contributed by atoms with Gasteiger partial charge in [-0.3, -0.25) is 0 Å². The Morgan fingerprint density at radius 3 is 2.94 bits per heavy atom. The van der Waals surface area contributed by atoms with Crippen molar-refractivity contribution in [2.45, 2.75) is 42.4 Å². The molecular weight excluding hydrogens is 244 g/mol. The second-order valence-electron chi connectivity index (χ2n) is 5.54. The minimum atomic E-state index is -0.0142. The van der Waals surface area contributed by atoms with Crippen LogP contribution in [0, 0.1) is 5.41 Å². The van der Waals surface area contributed by atoms with E-state index in [1.54, 1.807) is 0 Å². The Balaban J connectivity index is 1.72. The molecule has 18 heavy (non-hydrogen) atoms. The number of hydrogen-bond acceptors (Lipinski definition) is 3. The van der Waals surface area contributed by atoms with Gasteiger partial charge in [-0.1, -0.05) is 18.2 Å². The first-order valence-corrected chi connectivity index (χ1v) is 7.58. The molecule has 1 aromatic rings. The van der Waals surface area contributed by atoms with Crippen molar-refractivity contribution < 1.29 is 9.84 Å². The number of aliphatic hydroxyl groups is 1. The molecule has 98 valence electrons. The van der Waals surface area contributed by atoms with Crippen LogP contribution < -0.4 is 0 Å². The fourth-order valence-electron chi connectivity index (χ4n) is 3.18. The van der Waals surface area contributed by atoms with Crippen LogP contribution in [0.25, 0.3) is 0 Å². The number of ether oxygens (including phenoxy) is 1. The third-order valence-corrected chi connectivity index (χ3v) is 5.81. The van der Waals surface area contributed by atoms with Crippen LogP contribution >= 0.6 is 11.8 Å². The van der Waals surface area contributed by atoms with Crippen molar-refractivity contribution in [1.82, 2.24) is 0 Å². The Morgan fingerprint density at radius 1 is 1.44 bits per heavy atom. The number of benzene rings is 1. The van der Waals surface area contributed by atoms with Crippen LogP contribution in [0.15, 0.2) is 29.2 Å². The summed E-state index contributed by atoms with van der Waals surface area (Å²) < 4.78 is 5.68. The Kier molecular flexibility index (Phi) is 3.39. The first-order valence-electron chi connectivity index (χ1n) is 6.70. The molecule has 2 aliphatic rings. The number of thioether (sulfide) groups is 1. The summed E-state index contributed by atoms with van der Waals surface area (Å²) in [5, 5.41) is 10.4. The highest BCUT2D eigenvalue weighted by atomic mass is 32.2. The third kappa shape index (κ3) is 2.09. The largest absolute Gasteiger partial charge is 0.396 e. The maximum absolute atomic E-state index is 9.77. The smallest absolute Gasteiger partial charge is 0.0626 e. The van der Waals surface area contributed by atoms with Gasteiger partial charge in [0.2, 0.25) is 0 Å². The molecule has 0 saturated carbocycles. The SMILES string of the molecule is CC1OCCC1(CO)CC1Cc2ccccc2S1. The van der Waals surface area contributed by atoms with Gasteiger partial charge in [-0.2, -0.15) is 0 Å². The van der Waals surface area contributed by atoms with E-state index in [1.807, 2.05) is 11.8 Å². The van der Waals surface area contributed by atoms with E-state index in [4.69, 9.17) is 4.74 Å². The van der Waals surface area contributed by atoms with E-state index >= 15 is 0 Å². The molecule has 1 fully saturated rings. The van der Waals surface area contributed by atoms with Gasteiger partial charge in [0.15, 0.2) is 0 Å². The van der Waals surface area contributed by atoms with Crippen LogP contribution in [0.1, 0.15) is 25.3 Å². The zero-order chi connectivity index (χ0) is 12.6. The number of fused-ring (bicyclic) bond motifs is 1. The lowest BCUT2D eigenvalue weighted by molar-refractivity contribution is 0.0217. The van der Waals surface area contributed by atoms with Crippen molar-refractivity contribution in [2.75, 3.05) is 13.2 Å². The van der Waals surface area contributed by atoms with E-state index in [0.717, 1.165) is 25.9 Å². The number of hydrogen-bond donors (Lipinski definition) is 1. The maximum atomic E-state index is 9.77. The van der Waals surface area contributed by atoms with Gasteiger partial charge in [0.25, 0.3) is 0 Å². The molecule has 3 atom stereocenters. The van der Waals surface area contributed by atoms with Crippen LogP contribution in [0.3, 0.4) is 0 Å². The van der Waals surface area contributed by atoms with Crippen molar-refractivity contribution in [2.24, 2.45) is 5.41 Å². The van der Waals surface area contributed by atoms with E-state index in [2.05, 4.69) is 31.2 Å². The van der Waals surface area contributed by atoms with E-state index in [1.165, 1.54) is 10.5 Å². The lowest BCUT2D eigenvalue weighted by Crippen LogP contribution is -2.35. The Morgan fingerprint density at radius 2 is 2.28 bits per heavy atom. The topological polar surface area (TPSA) is 29.5 Å². The lowest BCUT2D eigenvalue weighted by atomic mass is 9.77. The molecule has 0 aromatic heterocycles. The molecule has 3 rings (SSSR count). The summed E-state index contributed by atoms with van der Waals surface area (Å²) in [6.07, 6.45) is 3.38. The third-order valence-electron chi connectivity index (χ3n) is 4.49. The molecule has 2 aliphatic heterocycles. The standard InChI is InChI=1S/C15H20O2S/c1-11-15(10-16,6-7-17-11)9-13-8-12-4-2-3-5-14(12)18-13/h2-5,11,13,16H,6-10H2,1H3. The van der Waals surface area contributed by atoms with Gasteiger partial charge < -0.3 is 9.84 Å². The van der Waals surface area contributed by atoms with Crippen LogP contribution in [0.4, 0.5) is 0 Å². The zero-order valence-corrected chi connectivity index (χ0v) is 11.6. The normalized spacial score (nSPS) is 34.8. The highest BCUT2D eigenvalue weighted by Crippen LogP contribution is 2.46. The molecule has 1 aromatic carbocycles. The van der Waals surface area contributed by atoms with Crippen LogP contribution in [-0.4, -0.2) is 29.7 Å². The van der Waals surface area contributed by atoms with Crippen LogP contribution in [0.5, 0.6) is 0 Å². The molecule has 0 bridgehead atoms. The second-order valence-corrected chi connectivity index (χ2v) is 6.88. The lowest BCUT2D eigenvalue weighted by Gasteiger charge is -2.32. The predicted octanol–water partition coefficient (Wildman–Crippen LogP) is 2.88. The van der Waals surface area contributed by atoms with Gasteiger partial charge in [-0.05, 0) is 37.8 Å². The summed E-state index contributed by atoms with van der Waals surface area (Å²) in [4.78, 5) is 1.42. The Labute approximate surface area is 113 Å². The van der Waals surface area contributed by atoms with Gasteiger partial charge in [0, 0.05) is 22.2 Å². The maximum Gasteiger partial charge on any atom is 0.0626 e. The minimum absolute atomic E-state index is 0.0142. The minimum Gasteiger partial charge on any atom is -0.396 e.